The minimum Gasteiger partial charge on any atom is -0.405 e. The largest absolute Gasteiger partial charge is 0.405 e. The van der Waals surface area contributed by atoms with Crippen LogP contribution in [0.3, 0.4) is 0 Å². The molecule has 0 aromatic heterocycles. The van der Waals surface area contributed by atoms with Gasteiger partial charge in [-0.1, -0.05) is 112 Å². The summed E-state index contributed by atoms with van der Waals surface area (Å²) in [5.74, 6) is 0. The van der Waals surface area contributed by atoms with Crippen LogP contribution in [-0.4, -0.2) is 44.0 Å². The van der Waals surface area contributed by atoms with Crippen LogP contribution >= 0.6 is 0 Å². The summed E-state index contributed by atoms with van der Waals surface area (Å²) in [5.41, 5.74) is 1.01. The first-order valence-corrected chi connectivity index (χ1v) is 13.0. The molecule has 0 spiro atoms. The van der Waals surface area contributed by atoms with Crippen LogP contribution in [0.15, 0.2) is 91.0 Å². The van der Waals surface area contributed by atoms with Gasteiger partial charge in [0.2, 0.25) is 0 Å². The molecule has 0 amide bonds. The molecule has 0 radical (unpaired) electrons. The van der Waals surface area contributed by atoms with Gasteiger partial charge in [-0.3, -0.25) is 0 Å². The lowest BCUT2D eigenvalue weighted by Crippen LogP contribution is -2.67. The number of benzene rings is 3. The Morgan fingerprint density at radius 1 is 0.781 bits per heavy atom. The van der Waals surface area contributed by atoms with E-state index in [9.17, 15) is 10.2 Å². The first-order valence-electron chi connectivity index (χ1n) is 11.1. The number of hydrogen-bond acceptors (Lipinski definition) is 4. The Balaban J connectivity index is 1.94. The summed E-state index contributed by atoms with van der Waals surface area (Å²) in [5, 5.41) is 22.3. The van der Waals surface area contributed by atoms with Crippen molar-refractivity contribution in [1.82, 2.24) is 0 Å². The third kappa shape index (κ3) is 5.55. The van der Waals surface area contributed by atoms with E-state index in [1.807, 2.05) is 66.7 Å². The number of hydrogen-bond donors (Lipinski definition) is 2. The molecule has 5 heteroatoms. The van der Waals surface area contributed by atoms with Crippen molar-refractivity contribution in [3.63, 3.8) is 0 Å². The second-order valence-corrected chi connectivity index (χ2v) is 13.4. The molecule has 32 heavy (non-hydrogen) atoms. The van der Waals surface area contributed by atoms with Gasteiger partial charge in [0.1, 0.15) is 12.2 Å². The SMILES string of the molecule is CC(C)(C)[Si](OC[C@H](OCc1ccccc1)[C@@H](O)CO)(c1ccccc1)c1ccccc1. The molecule has 0 saturated heterocycles. The highest BCUT2D eigenvalue weighted by atomic mass is 28.4. The van der Waals surface area contributed by atoms with Crippen LogP contribution in [0.1, 0.15) is 26.3 Å². The maximum absolute atomic E-state index is 10.5. The van der Waals surface area contributed by atoms with Crippen LogP contribution in [0.2, 0.25) is 5.04 Å². The predicted octanol–water partition coefficient (Wildman–Crippen LogP) is 3.50. The standard InChI is InChI=1S/C27H34O4Si/c1-27(2,3)32(23-15-9-5-10-16-23,24-17-11-6-12-18-24)31-21-26(25(29)19-28)30-20-22-13-7-4-8-14-22/h4-18,25-26,28-29H,19-21H2,1-3H3/t25-,26-/m0/s1. The van der Waals surface area contributed by atoms with Crippen molar-refractivity contribution in [3.05, 3.63) is 96.6 Å². The van der Waals surface area contributed by atoms with E-state index in [1.165, 1.54) is 10.4 Å². The Labute approximate surface area is 192 Å². The van der Waals surface area contributed by atoms with Gasteiger partial charge in [-0.25, -0.2) is 0 Å². The fourth-order valence-corrected chi connectivity index (χ4v) is 8.70. The van der Waals surface area contributed by atoms with Crippen molar-refractivity contribution in [1.29, 1.82) is 0 Å². The lowest BCUT2D eigenvalue weighted by Gasteiger charge is -2.44. The van der Waals surface area contributed by atoms with Gasteiger partial charge in [0.15, 0.2) is 0 Å². The Morgan fingerprint density at radius 3 is 1.69 bits per heavy atom. The Kier molecular flexibility index (Phi) is 8.40. The summed E-state index contributed by atoms with van der Waals surface area (Å²) >= 11 is 0. The molecule has 4 nitrogen and oxygen atoms in total. The van der Waals surface area contributed by atoms with Crippen LogP contribution in [-0.2, 0) is 15.8 Å². The van der Waals surface area contributed by atoms with Crippen LogP contribution in [0.5, 0.6) is 0 Å². The predicted molar refractivity (Wildman–Crippen MR) is 132 cm³/mol. The molecule has 0 fully saturated rings. The summed E-state index contributed by atoms with van der Waals surface area (Å²) in [4.78, 5) is 0. The van der Waals surface area contributed by atoms with Crippen molar-refractivity contribution < 1.29 is 19.4 Å². The van der Waals surface area contributed by atoms with Gasteiger partial charge >= 0.3 is 0 Å². The molecular weight excluding hydrogens is 416 g/mol. The lowest BCUT2D eigenvalue weighted by molar-refractivity contribution is -0.0832. The van der Waals surface area contributed by atoms with E-state index >= 15 is 0 Å². The van der Waals surface area contributed by atoms with Crippen molar-refractivity contribution >= 4 is 18.7 Å². The first-order chi connectivity index (χ1) is 15.4. The van der Waals surface area contributed by atoms with E-state index in [-0.39, 0.29) is 18.3 Å². The van der Waals surface area contributed by atoms with Crippen molar-refractivity contribution in [2.75, 3.05) is 13.2 Å². The van der Waals surface area contributed by atoms with Crippen LogP contribution < -0.4 is 10.4 Å². The zero-order chi connectivity index (χ0) is 23.0. The molecule has 170 valence electrons. The molecule has 3 aromatic rings. The van der Waals surface area contributed by atoms with Gasteiger partial charge in [0, 0.05) is 0 Å². The highest BCUT2D eigenvalue weighted by Crippen LogP contribution is 2.37. The number of ether oxygens (including phenoxy) is 1. The molecule has 0 bridgehead atoms. The molecule has 0 aliphatic carbocycles. The van der Waals surface area contributed by atoms with E-state index in [1.54, 1.807) is 0 Å². The quantitative estimate of drug-likeness (QED) is 0.464. The average Bonchev–Trinajstić information content (AvgIpc) is 2.82. The van der Waals surface area contributed by atoms with Gasteiger partial charge in [0.25, 0.3) is 8.32 Å². The summed E-state index contributed by atoms with van der Waals surface area (Å²) in [7, 11) is -2.75. The fourth-order valence-electron chi connectivity index (χ4n) is 4.13. The van der Waals surface area contributed by atoms with Gasteiger partial charge in [-0.05, 0) is 21.0 Å². The Bertz CT molecular complexity index is 887. The van der Waals surface area contributed by atoms with E-state index in [4.69, 9.17) is 9.16 Å². The molecule has 0 heterocycles. The van der Waals surface area contributed by atoms with Crippen LogP contribution in [0.25, 0.3) is 0 Å². The highest BCUT2D eigenvalue weighted by Gasteiger charge is 2.50. The number of aliphatic hydroxyl groups excluding tert-OH is 2. The molecule has 0 unspecified atom stereocenters. The Hall–Kier alpha value is -2.28. The summed E-state index contributed by atoms with van der Waals surface area (Å²) in [6, 6.07) is 30.5. The van der Waals surface area contributed by atoms with Crippen molar-refractivity contribution in [3.8, 4) is 0 Å². The highest BCUT2D eigenvalue weighted by molar-refractivity contribution is 6.99. The van der Waals surface area contributed by atoms with Crippen LogP contribution in [0.4, 0.5) is 0 Å². The van der Waals surface area contributed by atoms with Crippen LogP contribution in [0, 0.1) is 0 Å². The molecule has 0 aliphatic heterocycles. The smallest absolute Gasteiger partial charge is 0.261 e. The molecule has 2 N–H and O–H groups in total. The van der Waals surface area contributed by atoms with E-state index in [0.717, 1.165) is 5.56 Å². The molecule has 0 aliphatic rings. The molecule has 3 rings (SSSR count). The summed E-state index contributed by atoms with van der Waals surface area (Å²) in [6.45, 7) is 6.77. The van der Waals surface area contributed by atoms with Gasteiger partial charge in [-0.15, -0.1) is 0 Å². The monoisotopic (exact) mass is 450 g/mol. The van der Waals surface area contributed by atoms with Gasteiger partial charge in [0.05, 0.1) is 19.8 Å². The van der Waals surface area contributed by atoms with Gasteiger partial charge in [-0.2, -0.15) is 0 Å². The topological polar surface area (TPSA) is 58.9 Å². The van der Waals surface area contributed by atoms with E-state index in [0.29, 0.717) is 6.61 Å². The first kappa shape index (κ1) is 24.4. The maximum atomic E-state index is 10.5. The third-order valence-electron chi connectivity index (χ3n) is 5.80. The molecular formula is C27H34O4Si. The number of rotatable bonds is 10. The average molecular weight is 451 g/mol. The second-order valence-electron chi connectivity index (χ2n) is 9.06. The molecule has 3 aromatic carbocycles. The number of aliphatic hydroxyl groups is 2. The lowest BCUT2D eigenvalue weighted by atomic mass is 10.2. The zero-order valence-corrected chi connectivity index (χ0v) is 20.1. The minimum absolute atomic E-state index is 0.177. The third-order valence-corrected chi connectivity index (χ3v) is 10.8. The van der Waals surface area contributed by atoms with Gasteiger partial charge < -0.3 is 19.4 Å². The second kappa shape index (κ2) is 11.0. The van der Waals surface area contributed by atoms with E-state index in [2.05, 4.69) is 45.0 Å². The van der Waals surface area contributed by atoms with Crippen molar-refractivity contribution in [2.24, 2.45) is 0 Å². The van der Waals surface area contributed by atoms with E-state index < -0.39 is 20.5 Å². The normalized spacial score (nSPS) is 14.2. The summed E-state index contributed by atoms with van der Waals surface area (Å²) in [6.07, 6.45) is -1.68. The van der Waals surface area contributed by atoms with Crippen molar-refractivity contribution in [2.45, 2.75) is 44.6 Å². The zero-order valence-electron chi connectivity index (χ0n) is 19.1. The molecule has 2 atom stereocenters. The minimum atomic E-state index is -2.75. The molecule has 0 saturated carbocycles. The Morgan fingerprint density at radius 2 is 1.25 bits per heavy atom. The fraction of sp³-hybridized carbons (Fsp3) is 0.333. The summed E-state index contributed by atoms with van der Waals surface area (Å²) < 4.78 is 12.9. The maximum Gasteiger partial charge on any atom is 0.261 e.